The Kier molecular flexibility index (Phi) is 7.00. The minimum Gasteiger partial charge on any atom is -0.397 e. The third kappa shape index (κ3) is 4.80. The molecule has 0 saturated heterocycles. The molecule has 0 fully saturated rings. The second kappa shape index (κ2) is 8.29. The molecule has 0 aliphatic carbocycles. The highest BCUT2D eigenvalue weighted by Crippen LogP contribution is 2.25. The lowest BCUT2D eigenvalue weighted by atomic mass is 10.3. The van der Waals surface area contributed by atoms with Gasteiger partial charge < -0.3 is 20.1 Å². The van der Waals surface area contributed by atoms with Crippen molar-refractivity contribution in [2.24, 2.45) is 0 Å². The number of nitrogens with zero attached hydrogens (tertiary/aromatic N) is 2. The molecule has 102 valence electrons. The topological polar surface area (TPSA) is 60.6 Å². The highest BCUT2D eigenvalue weighted by Gasteiger charge is 2.11. The summed E-state index contributed by atoms with van der Waals surface area (Å²) in [6.45, 7) is 3.05. The molecule has 2 N–H and O–H groups in total. The number of ether oxygens (including phenoxy) is 2. The molecule has 0 unspecified atom stereocenters. The third-order valence-corrected chi connectivity index (χ3v) is 3.07. The standard InChI is InChI=1S/C12H20BrN3O2/c1-17-6-3-4-16(5-7-18-2)12-11(13)8-10(14)9-15-12/h8-9H,3-7,14H2,1-2H3. The van der Waals surface area contributed by atoms with Gasteiger partial charge in [0.05, 0.1) is 23.0 Å². The minimum atomic E-state index is 0.647. The van der Waals surface area contributed by atoms with Crippen LogP contribution in [0.2, 0.25) is 0 Å². The predicted octanol–water partition coefficient (Wildman–Crippen LogP) is 1.92. The monoisotopic (exact) mass is 317 g/mol. The molecule has 1 aromatic rings. The van der Waals surface area contributed by atoms with Crippen molar-refractivity contribution in [3.63, 3.8) is 0 Å². The first-order valence-electron chi connectivity index (χ1n) is 5.83. The summed E-state index contributed by atoms with van der Waals surface area (Å²) in [4.78, 5) is 6.53. The van der Waals surface area contributed by atoms with Gasteiger partial charge in [0.1, 0.15) is 5.82 Å². The van der Waals surface area contributed by atoms with Crippen LogP contribution in [0.25, 0.3) is 0 Å². The highest BCUT2D eigenvalue weighted by molar-refractivity contribution is 9.10. The number of hydrogen-bond donors (Lipinski definition) is 1. The first-order valence-corrected chi connectivity index (χ1v) is 6.62. The van der Waals surface area contributed by atoms with Gasteiger partial charge >= 0.3 is 0 Å². The zero-order chi connectivity index (χ0) is 13.4. The predicted molar refractivity (Wildman–Crippen MR) is 76.9 cm³/mol. The molecule has 0 aliphatic rings. The maximum atomic E-state index is 5.69. The van der Waals surface area contributed by atoms with Crippen LogP contribution in [0.1, 0.15) is 6.42 Å². The molecular weight excluding hydrogens is 298 g/mol. The number of aromatic nitrogens is 1. The van der Waals surface area contributed by atoms with Gasteiger partial charge in [0.25, 0.3) is 0 Å². The van der Waals surface area contributed by atoms with Crippen molar-refractivity contribution in [1.82, 2.24) is 4.98 Å². The summed E-state index contributed by atoms with van der Waals surface area (Å²) in [6.07, 6.45) is 2.61. The van der Waals surface area contributed by atoms with Crippen LogP contribution < -0.4 is 10.6 Å². The lowest BCUT2D eigenvalue weighted by Gasteiger charge is -2.24. The van der Waals surface area contributed by atoms with E-state index in [2.05, 4.69) is 25.8 Å². The van der Waals surface area contributed by atoms with Crippen LogP contribution in [-0.4, -0.2) is 45.5 Å². The summed E-state index contributed by atoms with van der Waals surface area (Å²) in [7, 11) is 3.40. The number of halogens is 1. The average Bonchev–Trinajstić information content (AvgIpc) is 2.34. The zero-order valence-electron chi connectivity index (χ0n) is 10.9. The number of hydrogen-bond acceptors (Lipinski definition) is 5. The number of anilines is 2. The zero-order valence-corrected chi connectivity index (χ0v) is 12.4. The van der Waals surface area contributed by atoms with E-state index in [1.165, 1.54) is 0 Å². The Balaban J connectivity index is 2.73. The van der Waals surface area contributed by atoms with E-state index in [0.717, 1.165) is 36.4 Å². The van der Waals surface area contributed by atoms with E-state index in [-0.39, 0.29) is 0 Å². The van der Waals surface area contributed by atoms with Crippen molar-refractivity contribution < 1.29 is 9.47 Å². The summed E-state index contributed by atoms with van der Waals surface area (Å²) in [5, 5.41) is 0. The van der Waals surface area contributed by atoms with Crippen LogP contribution in [0.5, 0.6) is 0 Å². The van der Waals surface area contributed by atoms with Crippen molar-refractivity contribution in [2.75, 3.05) is 51.2 Å². The molecular formula is C12H20BrN3O2. The number of nitrogen functional groups attached to an aromatic ring is 1. The molecule has 1 heterocycles. The Hall–Kier alpha value is -0.850. The van der Waals surface area contributed by atoms with Crippen molar-refractivity contribution in [3.05, 3.63) is 16.7 Å². The third-order valence-electron chi connectivity index (χ3n) is 2.48. The fourth-order valence-corrected chi connectivity index (χ4v) is 2.22. The van der Waals surface area contributed by atoms with Crippen LogP contribution in [0, 0.1) is 0 Å². The first-order chi connectivity index (χ1) is 8.69. The lowest BCUT2D eigenvalue weighted by molar-refractivity contribution is 0.191. The van der Waals surface area contributed by atoms with Gasteiger partial charge in [-0.1, -0.05) is 0 Å². The minimum absolute atomic E-state index is 0.647. The van der Waals surface area contributed by atoms with Gasteiger partial charge in [-0.15, -0.1) is 0 Å². The van der Waals surface area contributed by atoms with E-state index >= 15 is 0 Å². The fourth-order valence-electron chi connectivity index (χ4n) is 1.60. The Morgan fingerprint density at radius 1 is 1.28 bits per heavy atom. The molecule has 0 atom stereocenters. The van der Waals surface area contributed by atoms with Gasteiger partial charge in [-0.25, -0.2) is 4.98 Å². The maximum absolute atomic E-state index is 5.69. The summed E-state index contributed by atoms with van der Waals surface area (Å²) in [5.41, 5.74) is 6.34. The van der Waals surface area contributed by atoms with E-state index in [9.17, 15) is 0 Å². The smallest absolute Gasteiger partial charge is 0.143 e. The molecule has 18 heavy (non-hydrogen) atoms. The highest BCUT2D eigenvalue weighted by atomic mass is 79.9. The second-order valence-corrected chi connectivity index (χ2v) is 4.75. The van der Waals surface area contributed by atoms with E-state index in [1.807, 2.05) is 6.07 Å². The van der Waals surface area contributed by atoms with Crippen molar-refractivity contribution in [2.45, 2.75) is 6.42 Å². The van der Waals surface area contributed by atoms with Crippen LogP contribution in [0.3, 0.4) is 0 Å². The molecule has 5 nitrogen and oxygen atoms in total. The Morgan fingerprint density at radius 2 is 2.00 bits per heavy atom. The van der Waals surface area contributed by atoms with Crippen molar-refractivity contribution in [3.8, 4) is 0 Å². The SMILES string of the molecule is COCCCN(CCOC)c1ncc(N)cc1Br. The average molecular weight is 318 g/mol. The van der Waals surface area contributed by atoms with Crippen LogP contribution >= 0.6 is 15.9 Å². The quantitative estimate of drug-likeness (QED) is 0.742. The van der Waals surface area contributed by atoms with Gasteiger partial charge in [-0.05, 0) is 28.4 Å². The van der Waals surface area contributed by atoms with Crippen LogP contribution in [0.15, 0.2) is 16.7 Å². The Morgan fingerprint density at radius 3 is 2.61 bits per heavy atom. The van der Waals surface area contributed by atoms with Crippen LogP contribution in [0.4, 0.5) is 11.5 Å². The van der Waals surface area contributed by atoms with E-state index in [1.54, 1.807) is 20.4 Å². The van der Waals surface area contributed by atoms with Crippen molar-refractivity contribution in [1.29, 1.82) is 0 Å². The van der Waals surface area contributed by atoms with E-state index < -0.39 is 0 Å². The normalized spacial score (nSPS) is 10.6. The molecule has 0 amide bonds. The van der Waals surface area contributed by atoms with Crippen LogP contribution in [-0.2, 0) is 9.47 Å². The number of nitrogens with two attached hydrogens (primary N) is 1. The van der Waals surface area contributed by atoms with Gasteiger partial charge in [0, 0.05) is 33.9 Å². The molecule has 0 aromatic carbocycles. The molecule has 1 aromatic heterocycles. The number of methoxy groups -OCH3 is 2. The molecule has 1 rings (SSSR count). The largest absolute Gasteiger partial charge is 0.397 e. The maximum Gasteiger partial charge on any atom is 0.143 e. The summed E-state index contributed by atoms with van der Waals surface area (Å²) >= 11 is 3.49. The molecule has 0 radical (unpaired) electrons. The molecule has 0 saturated carbocycles. The lowest BCUT2D eigenvalue weighted by Crippen LogP contribution is -2.30. The number of rotatable bonds is 8. The molecule has 0 aliphatic heterocycles. The van der Waals surface area contributed by atoms with Gasteiger partial charge in [0.2, 0.25) is 0 Å². The second-order valence-electron chi connectivity index (χ2n) is 3.90. The summed E-state index contributed by atoms with van der Waals surface area (Å²) in [6, 6.07) is 1.86. The fraction of sp³-hybridized carbons (Fsp3) is 0.583. The van der Waals surface area contributed by atoms with E-state index in [4.69, 9.17) is 15.2 Å². The number of pyridine rings is 1. The first kappa shape index (κ1) is 15.2. The Labute approximate surface area is 116 Å². The van der Waals surface area contributed by atoms with Crippen molar-refractivity contribution >= 4 is 27.4 Å². The van der Waals surface area contributed by atoms with Gasteiger partial charge in [-0.3, -0.25) is 0 Å². The van der Waals surface area contributed by atoms with Gasteiger partial charge in [-0.2, -0.15) is 0 Å². The molecule has 0 spiro atoms. The Bertz CT molecular complexity index is 363. The van der Waals surface area contributed by atoms with Gasteiger partial charge in [0.15, 0.2) is 0 Å². The summed E-state index contributed by atoms with van der Waals surface area (Å²) < 4.78 is 11.1. The molecule has 6 heteroatoms. The molecule has 0 bridgehead atoms. The van der Waals surface area contributed by atoms with E-state index in [0.29, 0.717) is 12.3 Å². The summed E-state index contributed by atoms with van der Waals surface area (Å²) in [5.74, 6) is 0.886.